The Morgan fingerprint density at radius 2 is 1.18 bits per heavy atom. The smallest absolute Gasteiger partial charge is 0.223 e. The summed E-state index contributed by atoms with van der Waals surface area (Å²) in [5.74, 6) is 2.20. The highest BCUT2D eigenvalue weighted by molar-refractivity contribution is 5.85. The lowest BCUT2D eigenvalue weighted by Gasteiger charge is -2.33. The van der Waals surface area contributed by atoms with Gasteiger partial charge in [-0.3, -0.25) is 0 Å². The second kappa shape index (κ2) is 8.57. The Morgan fingerprint density at radius 3 is 1.55 bits per heavy atom. The van der Waals surface area contributed by atoms with Gasteiger partial charge in [-0.25, -0.2) is 0 Å². The lowest BCUT2D eigenvalue weighted by atomic mass is 10.2. The number of nitrogens with two attached hydrogens (primary N) is 1. The zero-order chi connectivity index (χ0) is 13.9. The molecule has 0 spiro atoms. The molecule has 126 valence electrons. The Balaban J connectivity index is 0.00000121. The summed E-state index contributed by atoms with van der Waals surface area (Å²) in [5, 5.41) is 0. The fourth-order valence-corrected chi connectivity index (χ4v) is 2.68. The van der Waals surface area contributed by atoms with Crippen LogP contribution in [0, 0.1) is 6.92 Å². The van der Waals surface area contributed by atoms with Crippen LogP contribution in [-0.2, 0) is 9.47 Å². The van der Waals surface area contributed by atoms with Crippen LogP contribution < -0.4 is 15.5 Å². The van der Waals surface area contributed by atoms with Gasteiger partial charge in [0.25, 0.3) is 0 Å². The van der Waals surface area contributed by atoms with Gasteiger partial charge in [0.1, 0.15) is 11.6 Å². The van der Waals surface area contributed by atoms with Crippen LogP contribution in [0.3, 0.4) is 0 Å². The molecule has 3 heterocycles. The number of morpholine rings is 2. The molecule has 1 aromatic heterocycles. The van der Waals surface area contributed by atoms with Crippen molar-refractivity contribution in [2.24, 2.45) is 0 Å². The van der Waals surface area contributed by atoms with E-state index in [0.717, 1.165) is 69.8 Å². The van der Waals surface area contributed by atoms with Gasteiger partial charge in [-0.2, -0.15) is 9.97 Å². The maximum absolute atomic E-state index is 5.90. The van der Waals surface area contributed by atoms with E-state index in [-0.39, 0.29) is 24.8 Å². The lowest BCUT2D eigenvalue weighted by molar-refractivity contribution is 0.121. The van der Waals surface area contributed by atoms with Gasteiger partial charge in [0.15, 0.2) is 0 Å². The third kappa shape index (κ3) is 4.04. The van der Waals surface area contributed by atoms with Crippen LogP contribution in [0.1, 0.15) is 5.56 Å². The maximum Gasteiger partial charge on any atom is 0.223 e. The van der Waals surface area contributed by atoms with E-state index in [2.05, 4.69) is 26.7 Å². The van der Waals surface area contributed by atoms with Crippen LogP contribution in [0.5, 0.6) is 0 Å². The third-order valence-corrected chi connectivity index (χ3v) is 3.73. The molecule has 0 amide bonds. The van der Waals surface area contributed by atoms with Gasteiger partial charge in [0.2, 0.25) is 5.95 Å². The zero-order valence-corrected chi connectivity index (χ0v) is 14.3. The molecule has 0 saturated carbocycles. The van der Waals surface area contributed by atoms with E-state index in [1.54, 1.807) is 0 Å². The molecule has 1 aromatic rings. The van der Waals surface area contributed by atoms with Crippen molar-refractivity contribution in [3.8, 4) is 0 Å². The molecule has 2 aliphatic rings. The normalized spacial score (nSPS) is 18.4. The van der Waals surface area contributed by atoms with Gasteiger partial charge in [-0.15, -0.1) is 24.8 Å². The summed E-state index contributed by atoms with van der Waals surface area (Å²) in [4.78, 5) is 13.3. The number of nitrogens with zero attached hydrogens (tertiary/aromatic N) is 4. The fraction of sp³-hybridized carbons (Fsp3) is 0.692. The Bertz CT molecular complexity index is 440. The highest BCUT2D eigenvalue weighted by Crippen LogP contribution is 2.28. The molecule has 0 aromatic carbocycles. The maximum atomic E-state index is 5.90. The summed E-state index contributed by atoms with van der Waals surface area (Å²) in [7, 11) is 0. The molecule has 2 aliphatic heterocycles. The Labute approximate surface area is 143 Å². The zero-order valence-electron chi connectivity index (χ0n) is 12.7. The first-order chi connectivity index (χ1) is 9.75. The molecular weight excluding hydrogens is 329 g/mol. The average Bonchev–Trinajstić information content (AvgIpc) is 2.51. The molecule has 0 aliphatic carbocycles. The Morgan fingerprint density at radius 1 is 0.818 bits per heavy atom. The predicted octanol–water partition coefficient (Wildman–Crippen LogP) is 0.884. The molecule has 7 nitrogen and oxygen atoms in total. The molecule has 0 unspecified atom stereocenters. The van der Waals surface area contributed by atoms with Gasteiger partial charge in [-0.1, -0.05) is 0 Å². The standard InChI is InChI=1S/C13H21N5O2.2ClH/c1-10-11(17-2-6-19-7-3-17)15-13(14)16-12(10)18-4-8-20-9-5-18;;/h2-9H2,1H3,(H2,14,15,16);2*1H. The van der Waals surface area contributed by atoms with Gasteiger partial charge in [0.05, 0.1) is 26.4 Å². The van der Waals surface area contributed by atoms with E-state index in [9.17, 15) is 0 Å². The Kier molecular flexibility index (Phi) is 7.41. The molecule has 2 fully saturated rings. The van der Waals surface area contributed by atoms with E-state index in [1.807, 2.05) is 0 Å². The number of aromatic nitrogens is 2. The molecule has 0 atom stereocenters. The monoisotopic (exact) mass is 351 g/mol. The first-order valence-electron chi connectivity index (χ1n) is 7.05. The van der Waals surface area contributed by atoms with E-state index < -0.39 is 0 Å². The first-order valence-corrected chi connectivity index (χ1v) is 7.05. The summed E-state index contributed by atoms with van der Waals surface area (Å²) in [6.45, 7) is 8.38. The van der Waals surface area contributed by atoms with Crippen molar-refractivity contribution in [1.29, 1.82) is 0 Å². The van der Waals surface area contributed by atoms with Crippen molar-refractivity contribution in [3.05, 3.63) is 5.56 Å². The average molecular weight is 352 g/mol. The van der Waals surface area contributed by atoms with Crippen LogP contribution >= 0.6 is 24.8 Å². The van der Waals surface area contributed by atoms with Crippen LogP contribution in [-0.4, -0.2) is 62.6 Å². The number of nitrogen functional groups attached to an aromatic ring is 1. The quantitative estimate of drug-likeness (QED) is 0.847. The number of ether oxygens (including phenoxy) is 2. The van der Waals surface area contributed by atoms with Gasteiger partial charge in [0, 0.05) is 31.7 Å². The molecule has 9 heteroatoms. The van der Waals surface area contributed by atoms with E-state index in [4.69, 9.17) is 15.2 Å². The van der Waals surface area contributed by atoms with Crippen molar-refractivity contribution in [3.63, 3.8) is 0 Å². The molecule has 0 bridgehead atoms. The van der Waals surface area contributed by atoms with Crippen LogP contribution in [0.2, 0.25) is 0 Å². The summed E-state index contributed by atoms with van der Waals surface area (Å²) in [6, 6.07) is 0. The second-order valence-corrected chi connectivity index (χ2v) is 5.05. The van der Waals surface area contributed by atoms with Gasteiger partial charge < -0.3 is 25.0 Å². The minimum Gasteiger partial charge on any atom is -0.378 e. The number of hydrogen-bond acceptors (Lipinski definition) is 7. The van der Waals surface area contributed by atoms with E-state index >= 15 is 0 Å². The second-order valence-electron chi connectivity index (χ2n) is 5.05. The number of halogens is 2. The van der Waals surface area contributed by atoms with Gasteiger partial charge in [-0.05, 0) is 6.92 Å². The largest absolute Gasteiger partial charge is 0.378 e. The van der Waals surface area contributed by atoms with E-state index in [1.165, 1.54) is 0 Å². The fourth-order valence-electron chi connectivity index (χ4n) is 2.68. The third-order valence-electron chi connectivity index (χ3n) is 3.73. The van der Waals surface area contributed by atoms with Crippen LogP contribution in [0.15, 0.2) is 0 Å². The van der Waals surface area contributed by atoms with Crippen LogP contribution in [0.25, 0.3) is 0 Å². The summed E-state index contributed by atoms with van der Waals surface area (Å²) < 4.78 is 10.8. The van der Waals surface area contributed by atoms with Crippen molar-refractivity contribution in [2.45, 2.75) is 6.92 Å². The summed E-state index contributed by atoms with van der Waals surface area (Å²) in [5.41, 5.74) is 6.99. The number of anilines is 3. The predicted molar refractivity (Wildman–Crippen MR) is 91.7 cm³/mol. The molecule has 3 rings (SSSR count). The summed E-state index contributed by atoms with van der Waals surface area (Å²) >= 11 is 0. The molecule has 22 heavy (non-hydrogen) atoms. The molecule has 2 saturated heterocycles. The lowest BCUT2D eigenvalue weighted by Crippen LogP contribution is -2.40. The van der Waals surface area contributed by atoms with Gasteiger partial charge >= 0.3 is 0 Å². The summed E-state index contributed by atoms with van der Waals surface area (Å²) in [6.07, 6.45) is 0. The molecular formula is C13H23Cl2N5O2. The van der Waals surface area contributed by atoms with Crippen molar-refractivity contribution >= 4 is 42.4 Å². The minimum absolute atomic E-state index is 0. The van der Waals surface area contributed by atoms with Crippen molar-refractivity contribution in [1.82, 2.24) is 9.97 Å². The van der Waals surface area contributed by atoms with E-state index in [0.29, 0.717) is 5.95 Å². The van der Waals surface area contributed by atoms with Crippen LogP contribution in [0.4, 0.5) is 17.6 Å². The first kappa shape index (κ1) is 19.0. The van der Waals surface area contributed by atoms with Crippen molar-refractivity contribution in [2.75, 3.05) is 68.1 Å². The minimum atomic E-state index is 0. The van der Waals surface area contributed by atoms with Crippen molar-refractivity contribution < 1.29 is 9.47 Å². The number of rotatable bonds is 2. The Hall–Kier alpha value is -1.02. The molecule has 0 radical (unpaired) electrons. The number of hydrogen-bond donors (Lipinski definition) is 1. The SMILES string of the molecule is Cc1c(N2CCOCC2)nc(N)nc1N1CCOCC1.Cl.Cl. The molecule has 2 N–H and O–H groups in total. The highest BCUT2D eigenvalue weighted by atomic mass is 35.5. The highest BCUT2D eigenvalue weighted by Gasteiger charge is 2.22. The topological polar surface area (TPSA) is 76.7 Å².